The van der Waals surface area contributed by atoms with Gasteiger partial charge in [-0.1, -0.05) is 32.9 Å². The highest BCUT2D eigenvalue weighted by molar-refractivity contribution is 4.92. The van der Waals surface area contributed by atoms with Crippen LogP contribution in [0.4, 0.5) is 0 Å². The molecule has 0 aliphatic carbocycles. The van der Waals surface area contributed by atoms with Crippen LogP contribution in [-0.2, 0) is 0 Å². The third-order valence-corrected chi connectivity index (χ3v) is 2.55. The van der Waals surface area contributed by atoms with Crippen LogP contribution in [0.5, 0.6) is 0 Å². The Bertz CT molecular complexity index is 175. The fourth-order valence-corrected chi connectivity index (χ4v) is 1.71. The first-order valence-corrected chi connectivity index (χ1v) is 6.02. The second kappa shape index (κ2) is 7.89. The van der Waals surface area contributed by atoms with Crippen LogP contribution in [0, 0.1) is 5.92 Å². The molecule has 0 aliphatic heterocycles. The summed E-state index contributed by atoms with van der Waals surface area (Å²) < 4.78 is 0. The third-order valence-electron chi connectivity index (χ3n) is 2.55. The van der Waals surface area contributed by atoms with E-state index in [1.165, 1.54) is 12.0 Å². The van der Waals surface area contributed by atoms with E-state index >= 15 is 0 Å². The highest BCUT2D eigenvalue weighted by atomic mass is 15.1. The van der Waals surface area contributed by atoms with Crippen molar-refractivity contribution < 1.29 is 0 Å². The molecule has 0 heterocycles. The van der Waals surface area contributed by atoms with Gasteiger partial charge in [-0.05, 0) is 32.9 Å². The Morgan fingerprint density at radius 3 is 2.33 bits per heavy atom. The van der Waals surface area contributed by atoms with E-state index in [1.807, 2.05) is 0 Å². The summed E-state index contributed by atoms with van der Waals surface area (Å²) in [4.78, 5) is 2.38. The molecule has 0 aliphatic rings. The molecule has 0 aromatic heterocycles. The topological polar surface area (TPSA) is 15.3 Å². The minimum absolute atomic E-state index is 0.625. The fraction of sp³-hybridized carbons (Fsp3) is 0.846. The zero-order valence-corrected chi connectivity index (χ0v) is 11.1. The van der Waals surface area contributed by atoms with Gasteiger partial charge in [0, 0.05) is 19.1 Å². The molecule has 0 fully saturated rings. The lowest BCUT2D eigenvalue weighted by atomic mass is 10.1. The van der Waals surface area contributed by atoms with Gasteiger partial charge in [0.1, 0.15) is 0 Å². The summed E-state index contributed by atoms with van der Waals surface area (Å²) in [7, 11) is 2.18. The van der Waals surface area contributed by atoms with Crippen LogP contribution in [0.3, 0.4) is 0 Å². The molecular formula is C13H28N2. The van der Waals surface area contributed by atoms with Gasteiger partial charge in [0.05, 0.1) is 0 Å². The summed E-state index contributed by atoms with van der Waals surface area (Å²) in [5, 5.41) is 3.52. The fourth-order valence-electron chi connectivity index (χ4n) is 1.71. The minimum atomic E-state index is 0.625. The molecule has 0 spiro atoms. The molecule has 90 valence electrons. The Labute approximate surface area is 95.7 Å². The SMILES string of the molecule is C=C(C)CN(C)C(CC)CNCC(C)C. The number of likely N-dealkylation sites (N-methyl/N-ethyl adjacent to an activating group) is 1. The van der Waals surface area contributed by atoms with Crippen molar-refractivity contribution in [3.63, 3.8) is 0 Å². The summed E-state index contributed by atoms with van der Waals surface area (Å²) in [6.07, 6.45) is 1.19. The highest BCUT2D eigenvalue weighted by Crippen LogP contribution is 2.03. The largest absolute Gasteiger partial charge is 0.315 e. The maximum Gasteiger partial charge on any atom is 0.0218 e. The quantitative estimate of drug-likeness (QED) is 0.622. The summed E-state index contributed by atoms with van der Waals surface area (Å²) in [5.41, 5.74) is 1.24. The van der Waals surface area contributed by atoms with Crippen LogP contribution in [0.25, 0.3) is 0 Å². The van der Waals surface area contributed by atoms with Crippen molar-refractivity contribution in [3.05, 3.63) is 12.2 Å². The normalized spacial score (nSPS) is 13.5. The van der Waals surface area contributed by atoms with Gasteiger partial charge >= 0.3 is 0 Å². The molecule has 0 saturated carbocycles. The van der Waals surface area contributed by atoms with Crippen molar-refractivity contribution in [2.45, 2.75) is 40.2 Å². The molecule has 0 amide bonds. The van der Waals surface area contributed by atoms with E-state index in [-0.39, 0.29) is 0 Å². The Balaban J connectivity index is 3.84. The maximum atomic E-state index is 3.96. The van der Waals surface area contributed by atoms with Gasteiger partial charge < -0.3 is 5.32 Å². The van der Waals surface area contributed by atoms with Gasteiger partial charge in [-0.15, -0.1) is 0 Å². The average Bonchev–Trinajstić information content (AvgIpc) is 2.10. The minimum Gasteiger partial charge on any atom is -0.315 e. The van der Waals surface area contributed by atoms with Gasteiger partial charge in [0.2, 0.25) is 0 Å². The molecule has 1 N–H and O–H groups in total. The van der Waals surface area contributed by atoms with Crippen LogP contribution >= 0.6 is 0 Å². The predicted octanol–water partition coefficient (Wildman–Crippen LogP) is 2.52. The lowest BCUT2D eigenvalue weighted by molar-refractivity contribution is 0.245. The number of nitrogens with one attached hydrogen (secondary N) is 1. The number of hydrogen-bond acceptors (Lipinski definition) is 2. The molecule has 1 atom stereocenters. The smallest absolute Gasteiger partial charge is 0.0218 e. The first-order valence-electron chi connectivity index (χ1n) is 6.02. The van der Waals surface area contributed by atoms with E-state index in [0.717, 1.165) is 25.6 Å². The van der Waals surface area contributed by atoms with E-state index in [0.29, 0.717) is 6.04 Å². The first-order chi connectivity index (χ1) is 6.97. The Hall–Kier alpha value is -0.340. The van der Waals surface area contributed by atoms with Crippen molar-refractivity contribution >= 4 is 0 Å². The average molecular weight is 212 g/mol. The lowest BCUT2D eigenvalue weighted by Gasteiger charge is -2.27. The molecule has 0 radical (unpaired) electrons. The second-order valence-corrected chi connectivity index (χ2v) is 4.99. The molecule has 2 heteroatoms. The van der Waals surface area contributed by atoms with Gasteiger partial charge in [-0.3, -0.25) is 4.90 Å². The van der Waals surface area contributed by atoms with Crippen LogP contribution in [0.2, 0.25) is 0 Å². The summed E-state index contributed by atoms with van der Waals surface area (Å²) >= 11 is 0. The third kappa shape index (κ3) is 7.57. The van der Waals surface area contributed by atoms with Crippen molar-refractivity contribution in [1.82, 2.24) is 10.2 Å². The number of nitrogens with zero attached hydrogens (tertiary/aromatic N) is 1. The summed E-state index contributed by atoms with van der Waals surface area (Å²) in [6, 6.07) is 0.625. The Morgan fingerprint density at radius 1 is 1.33 bits per heavy atom. The maximum absolute atomic E-state index is 3.96. The van der Waals surface area contributed by atoms with Crippen molar-refractivity contribution in [2.24, 2.45) is 5.92 Å². The molecule has 0 bridgehead atoms. The number of hydrogen-bond donors (Lipinski definition) is 1. The summed E-state index contributed by atoms with van der Waals surface area (Å²) in [5.74, 6) is 0.731. The van der Waals surface area contributed by atoms with Crippen LogP contribution in [0.1, 0.15) is 34.1 Å². The van der Waals surface area contributed by atoms with E-state index in [9.17, 15) is 0 Å². The van der Waals surface area contributed by atoms with Crippen molar-refractivity contribution in [2.75, 3.05) is 26.7 Å². The highest BCUT2D eigenvalue weighted by Gasteiger charge is 2.11. The zero-order chi connectivity index (χ0) is 11.8. The standard InChI is InChI=1S/C13H28N2/c1-7-13(9-14-8-11(2)3)15(6)10-12(4)5/h11,13-14H,4,7-10H2,1-3,5-6H3. The van der Waals surface area contributed by atoms with Gasteiger partial charge in [0.25, 0.3) is 0 Å². The zero-order valence-electron chi connectivity index (χ0n) is 11.1. The molecule has 0 aromatic rings. The molecule has 0 saturated heterocycles. The molecule has 0 rings (SSSR count). The van der Waals surface area contributed by atoms with E-state index in [1.54, 1.807) is 0 Å². The van der Waals surface area contributed by atoms with Gasteiger partial charge in [-0.2, -0.15) is 0 Å². The first kappa shape index (κ1) is 14.7. The Morgan fingerprint density at radius 2 is 1.93 bits per heavy atom. The number of rotatable bonds is 8. The van der Waals surface area contributed by atoms with Crippen LogP contribution < -0.4 is 5.32 Å². The second-order valence-electron chi connectivity index (χ2n) is 4.99. The van der Waals surface area contributed by atoms with Crippen molar-refractivity contribution in [3.8, 4) is 0 Å². The van der Waals surface area contributed by atoms with Crippen LogP contribution in [0.15, 0.2) is 12.2 Å². The van der Waals surface area contributed by atoms with E-state index in [2.05, 4.69) is 51.5 Å². The van der Waals surface area contributed by atoms with E-state index < -0.39 is 0 Å². The molecule has 2 nitrogen and oxygen atoms in total. The molecule has 0 aromatic carbocycles. The van der Waals surface area contributed by atoms with Gasteiger partial charge in [-0.25, -0.2) is 0 Å². The molecule has 1 unspecified atom stereocenters. The van der Waals surface area contributed by atoms with Crippen molar-refractivity contribution in [1.29, 1.82) is 0 Å². The lowest BCUT2D eigenvalue weighted by Crippen LogP contribution is -2.41. The summed E-state index contributed by atoms with van der Waals surface area (Å²) in [6.45, 7) is 16.0. The Kier molecular flexibility index (Phi) is 7.71. The molecule has 15 heavy (non-hydrogen) atoms. The van der Waals surface area contributed by atoms with Gasteiger partial charge in [0.15, 0.2) is 0 Å². The van der Waals surface area contributed by atoms with Crippen LogP contribution in [-0.4, -0.2) is 37.6 Å². The molecular weight excluding hydrogens is 184 g/mol. The van der Waals surface area contributed by atoms with E-state index in [4.69, 9.17) is 0 Å². The monoisotopic (exact) mass is 212 g/mol. The predicted molar refractivity (Wildman–Crippen MR) is 69.2 cm³/mol.